The van der Waals surface area contributed by atoms with Gasteiger partial charge in [0.1, 0.15) is 17.1 Å². The molecule has 0 saturated carbocycles. The summed E-state index contributed by atoms with van der Waals surface area (Å²) in [5.41, 5.74) is 2.17. The Balaban J connectivity index is 2.25. The van der Waals surface area contributed by atoms with Gasteiger partial charge in [0.15, 0.2) is 0 Å². The van der Waals surface area contributed by atoms with E-state index in [2.05, 4.69) is 11.6 Å². The number of aryl methyl sites for hydroxylation is 2. The molecule has 2 heterocycles. The Morgan fingerprint density at radius 2 is 2.00 bits per heavy atom. The van der Waals surface area contributed by atoms with Crippen LogP contribution in [-0.4, -0.2) is 41.4 Å². The van der Waals surface area contributed by atoms with Gasteiger partial charge in [0.2, 0.25) is 5.89 Å². The number of allylic oxidation sites excluding steroid dienone is 2. The number of aromatic nitrogens is 2. The summed E-state index contributed by atoms with van der Waals surface area (Å²) in [6.45, 7) is 12.7. The molecule has 1 aromatic carbocycles. The van der Waals surface area contributed by atoms with Gasteiger partial charge in [0.05, 0.1) is 43.8 Å². The molecule has 3 aromatic rings. The van der Waals surface area contributed by atoms with Gasteiger partial charge in [-0.2, -0.15) is 5.26 Å². The molecule has 0 aliphatic heterocycles. The Morgan fingerprint density at radius 1 is 1.30 bits per heavy atom. The standard InChI is InChI=1S/C28H31N3O6/c1-16(15-29)9-10-21-18(3)30-26(36-21)20(14-23(32)35-8)24-19-11-12-31(27(33)37-28(4,5)6)25(19)17(2)13-22(24)34-7/h9-13,20H,1,14H2,2-8H3/b10-9-. The summed E-state index contributed by atoms with van der Waals surface area (Å²) in [7, 11) is 2.84. The molecule has 1 atom stereocenters. The highest BCUT2D eigenvalue weighted by molar-refractivity contribution is 5.96. The molecular weight excluding hydrogens is 474 g/mol. The lowest BCUT2D eigenvalue weighted by atomic mass is 9.90. The van der Waals surface area contributed by atoms with Crippen LogP contribution in [0.5, 0.6) is 5.75 Å². The van der Waals surface area contributed by atoms with Crippen LogP contribution >= 0.6 is 0 Å². The fraction of sp³-hybridized carbons (Fsp3) is 0.357. The van der Waals surface area contributed by atoms with Crippen molar-refractivity contribution in [2.45, 2.75) is 52.6 Å². The molecule has 194 valence electrons. The van der Waals surface area contributed by atoms with E-state index in [9.17, 15) is 9.59 Å². The van der Waals surface area contributed by atoms with E-state index in [1.807, 2.05) is 13.0 Å². The van der Waals surface area contributed by atoms with Gasteiger partial charge < -0.3 is 18.6 Å². The van der Waals surface area contributed by atoms with E-state index in [0.717, 1.165) is 5.56 Å². The van der Waals surface area contributed by atoms with Gasteiger partial charge in [-0.3, -0.25) is 9.36 Å². The lowest BCUT2D eigenvalue weighted by molar-refractivity contribution is -0.141. The van der Waals surface area contributed by atoms with Crippen molar-refractivity contribution >= 4 is 29.0 Å². The van der Waals surface area contributed by atoms with Crippen LogP contribution in [0.15, 0.2) is 41.0 Å². The molecule has 0 radical (unpaired) electrons. The predicted molar refractivity (Wildman–Crippen MR) is 138 cm³/mol. The Bertz CT molecular complexity index is 1430. The topological polar surface area (TPSA) is 117 Å². The second kappa shape index (κ2) is 10.7. The minimum Gasteiger partial charge on any atom is -0.496 e. The lowest BCUT2D eigenvalue weighted by Crippen LogP contribution is -2.26. The van der Waals surface area contributed by atoms with Crippen molar-refractivity contribution in [3.05, 3.63) is 65.0 Å². The van der Waals surface area contributed by atoms with Crippen LogP contribution in [0.4, 0.5) is 4.79 Å². The van der Waals surface area contributed by atoms with Crippen LogP contribution in [0.1, 0.15) is 61.6 Å². The number of carbonyl (C=O) groups excluding carboxylic acids is 2. The van der Waals surface area contributed by atoms with Gasteiger partial charge in [0, 0.05) is 22.7 Å². The van der Waals surface area contributed by atoms with E-state index in [1.54, 1.807) is 52.1 Å². The van der Waals surface area contributed by atoms with Gasteiger partial charge in [-0.15, -0.1) is 0 Å². The van der Waals surface area contributed by atoms with Crippen LogP contribution in [0.25, 0.3) is 17.0 Å². The zero-order valence-electron chi connectivity index (χ0n) is 22.2. The minimum atomic E-state index is -0.694. The quantitative estimate of drug-likeness (QED) is 0.224. The van der Waals surface area contributed by atoms with Crippen LogP contribution in [0, 0.1) is 25.2 Å². The van der Waals surface area contributed by atoms with Crippen LogP contribution < -0.4 is 4.74 Å². The second-order valence-corrected chi connectivity index (χ2v) is 9.54. The number of nitrogens with zero attached hydrogens (tertiary/aromatic N) is 3. The summed E-state index contributed by atoms with van der Waals surface area (Å²) in [4.78, 5) is 30.1. The molecule has 0 aliphatic rings. The summed E-state index contributed by atoms with van der Waals surface area (Å²) in [5, 5.41) is 9.67. The zero-order chi connectivity index (χ0) is 27.5. The maximum atomic E-state index is 13.0. The molecule has 1 unspecified atom stereocenters. The number of hydrogen-bond acceptors (Lipinski definition) is 8. The normalized spacial score (nSPS) is 12.4. The number of methoxy groups -OCH3 is 2. The highest BCUT2D eigenvalue weighted by atomic mass is 16.6. The summed E-state index contributed by atoms with van der Waals surface area (Å²) in [6.07, 6.45) is 4.15. The molecule has 0 spiro atoms. The van der Waals surface area contributed by atoms with Gasteiger partial charge in [0.25, 0.3) is 0 Å². The highest BCUT2D eigenvalue weighted by Crippen LogP contribution is 2.42. The monoisotopic (exact) mass is 505 g/mol. The third kappa shape index (κ3) is 5.92. The van der Waals surface area contributed by atoms with Crippen molar-refractivity contribution in [3.8, 4) is 11.8 Å². The molecule has 0 N–H and O–H groups in total. The average molecular weight is 506 g/mol. The lowest BCUT2D eigenvalue weighted by Gasteiger charge is -2.21. The summed E-state index contributed by atoms with van der Waals surface area (Å²) in [5.74, 6) is 0.0262. The number of rotatable bonds is 7. The molecule has 3 rings (SSSR count). The van der Waals surface area contributed by atoms with E-state index in [1.165, 1.54) is 24.9 Å². The van der Waals surface area contributed by atoms with Crippen molar-refractivity contribution in [1.29, 1.82) is 5.26 Å². The number of nitriles is 1. The van der Waals surface area contributed by atoms with E-state index in [-0.39, 0.29) is 17.9 Å². The first-order chi connectivity index (χ1) is 17.4. The molecule has 9 nitrogen and oxygen atoms in total. The van der Waals surface area contributed by atoms with Gasteiger partial charge >= 0.3 is 12.1 Å². The minimum absolute atomic E-state index is 0.0867. The van der Waals surface area contributed by atoms with Crippen LogP contribution in [0.2, 0.25) is 0 Å². The molecule has 0 bridgehead atoms. The number of oxazole rings is 1. The van der Waals surface area contributed by atoms with Crippen molar-refractivity contribution in [3.63, 3.8) is 0 Å². The highest BCUT2D eigenvalue weighted by Gasteiger charge is 2.31. The summed E-state index contributed by atoms with van der Waals surface area (Å²) < 4.78 is 23.8. The van der Waals surface area contributed by atoms with E-state index < -0.39 is 23.6 Å². The third-order valence-electron chi connectivity index (χ3n) is 5.65. The number of fused-ring (bicyclic) bond motifs is 1. The molecule has 0 aliphatic carbocycles. The second-order valence-electron chi connectivity index (χ2n) is 9.54. The molecule has 0 fully saturated rings. The number of hydrogen-bond donors (Lipinski definition) is 0. The molecule has 0 saturated heterocycles. The first-order valence-corrected chi connectivity index (χ1v) is 11.6. The first kappa shape index (κ1) is 27.3. The summed E-state index contributed by atoms with van der Waals surface area (Å²) in [6, 6.07) is 5.53. The maximum Gasteiger partial charge on any atom is 0.419 e. The number of carbonyl (C=O) groups is 2. The van der Waals surface area contributed by atoms with E-state index in [0.29, 0.717) is 33.7 Å². The van der Waals surface area contributed by atoms with Crippen molar-refractivity contribution in [1.82, 2.24) is 9.55 Å². The molecular formula is C28H31N3O6. The number of esters is 1. The molecule has 37 heavy (non-hydrogen) atoms. The van der Waals surface area contributed by atoms with Crippen molar-refractivity contribution in [2.24, 2.45) is 0 Å². The largest absolute Gasteiger partial charge is 0.496 e. The maximum absolute atomic E-state index is 13.0. The Morgan fingerprint density at radius 3 is 2.59 bits per heavy atom. The zero-order valence-corrected chi connectivity index (χ0v) is 22.2. The Kier molecular flexibility index (Phi) is 7.92. The molecule has 2 aromatic heterocycles. The predicted octanol–water partition coefficient (Wildman–Crippen LogP) is 5.83. The number of benzene rings is 1. The average Bonchev–Trinajstić information content (AvgIpc) is 3.44. The first-order valence-electron chi connectivity index (χ1n) is 11.6. The van der Waals surface area contributed by atoms with Crippen LogP contribution in [-0.2, 0) is 14.3 Å². The van der Waals surface area contributed by atoms with Crippen LogP contribution in [0.3, 0.4) is 0 Å². The number of ether oxygens (including phenoxy) is 3. The van der Waals surface area contributed by atoms with E-state index in [4.69, 9.17) is 23.9 Å². The van der Waals surface area contributed by atoms with Crippen molar-refractivity contribution in [2.75, 3.05) is 14.2 Å². The SMILES string of the molecule is C=C(C#N)/C=C\c1oc(C(CC(=O)OC)c2c(OC)cc(C)c3c2ccn3C(=O)OC(C)(C)C)nc1C. The Labute approximate surface area is 215 Å². The molecule has 0 amide bonds. The molecule has 9 heteroatoms. The Hall–Kier alpha value is -4.32. The fourth-order valence-corrected chi connectivity index (χ4v) is 4.03. The summed E-state index contributed by atoms with van der Waals surface area (Å²) >= 11 is 0. The van der Waals surface area contributed by atoms with E-state index >= 15 is 0 Å². The van der Waals surface area contributed by atoms with Gasteiger partial charge in [-0.1, -0.05) is 6.58 Å². The van der Waals surface area contributed by atoms with Gasteiger partial charge in [-0.05, 0) is 64.5 Å². The third-order valence-corrected chi connectivity index (χ3v) is 5.65. The van der Waals surface area contributed by atoms with Crippen molar-refractivity contribution < 1.29 is 28.2 Å². The van der Waals surface area contributed by atoms with Gasteiger partial charge in [-0.25, -0.2) is 9.78 Å². The fourth-order valence-electron chi connectivity index (χ4n) is 4.03. The smallest absolute Gasteiger partial charge is 0.419 e.